The van der Waals surface area contributed by atoms with Gasteiger partial charge < -0.3 is 10.8 Å². The van der Waals surface area contributed by atoms with Gasteiger partial charge in [-0.05, 0) is 26.7 Å². The largest absolute Gasteiger partial charge is 0.481 e. The monoisotopic (exact) mass is 357 g/mol. The van der Waals surface area contributed by atoms with Gasteiger partial charge in [0.15, 0.2) is 0 Å². The van der Waals surface area contributed by atoms with Gasteiger partial charge in [-0.25, -0.2) is 0 Å². The highest BCUT2D eigenvalue weighted by Gasteiger charge is 2.08. The Morgan fingerprint density at radius 1 is 0.720 bits per heavy atom. The predicted molar refractivity (Wildman–Crippen MR) is 111 cm³/mol. The van der Waals surface area contributed by atoms with Crippen LogP contribution in [-0.4, -0.2) is 16.6 Å². The Kier molecular flexibility index (Phi) is 21.1. The lowest BCUT2D eigenvalue weighted by Gasteiger charge is -2.17. The van der Waals surface area contributed by atoms with Crippen LogP contribution in [0.15, 0.2) is 0 Å². The number of hydrogen-bond acceptors (Lipinski definition) is 2. The molecule has 0 rings (SSSR count). The van der Waals surface area contributed by atoms with E-state index in [1.165, 1.54) is 83.5 Å². The third-order valence-corrected chi connectivity index (χ3v) is 4.42. The first-order valence-corrected chi connectivity index (χ1v) is 10.8. The number of unbranched alkanes of at least 4 members (excludes halogenated alkanes) is 12. The first kappa shape index (κ1) is 26.7. The van der Waals surface area contributed by atoms with Crippen LogP contribution < -0.4 is 5.73 Å². The van der Waals surface area contributed by atoms with Crippen LogP contribution in [0.2, 0.25) is 0 Å². The summed E-state index contributed by atoms with van der Waals surface area (Å²) >= 11 is 0. The molecule has 3 heteroatoms. The minimum absolute atomic E-state index is 0.0428. The third-order valence-electron chi connectivity index (χ3n) is 4.42. The van der Waals surface area contributed by atoms with Crippen LogP contribution in [0.1, 0.15) is 130 Å². The number of hydrogen-bond donors (Lipinski definition) is 2. The Balaban J connectivity index is 0. The Morgan fingerprint density at radius 2 is 1.08 bits per heavy atom. The van der Waals surface area contributed by atoms with Crippen LogP contribution in [-0.2, 0) is 4.79 Å². The second-order valence-electron chi connectivity index (χ2n) is 8.12. The van der Waals surface area contributed by atoms with E-state index in [0.717, 1.165) is 12.8 Å². The van der Waals surface area contributed by atoms with Gasteiger partial charge in [-0.15, -0.1) is 0 Å². The normalized spacial score (nSPS) is 11.1. The van der Waals surface area contributed by atoms with E-state index < -0.39 is 5.97 Å². The van der Waals surface area contributed by atoms with Gasteiger partial charge in [-0.1, -0.05) is 97.3 Å². The van der Waals surface area contributed by atoms with E-state index in [4.69, 9.17) is 10.8 Å². The molecule has 0 aromatic carbocycles. The summed E-state index contributed by atoms with van der Waals surface area (Å²) in [5, 5.41) is 8.27. The maximum Gasteiger partial charge on any atom is 0.303 e. The molecule has 0 aliphatic heterocycles. The average Bonchev–Trinajstić information content (AvgIpc) is 2.52. The van der Waals surface area contributed by atoms with Gasteiger partial charge >= 0.3 is 5.97 Å². The van der Waals surface area contributed by atoms with Gasteiger partial charge in [0.05, 0.1) is 0 Å². The first-order chi connectivity index (χ1) is 11.8. The molecule has 0 aromatic rings. The highest BCUT2D eigenvalue weighted by atomic mass is 16.4. The molecule has 152 valence electrons. The van der Waals surface area contributed by atoms with Gasteiger partial charge in [-0.3, -0.25) is 4.79 Å². The van der Waals surface area contributed by atoms with Gasteiger partial charge in [-0.2, -0.15) is 0 Å². The van der Waals surface area contributed by atoms with Crippen molar-refractivity contribution in [2.75, 3.05) is 0 Å². The first-order valence-electron chi connectivity index (χ1n) is 10.8. The lowest BCUT2D eigenvalue weighted by atomic mass is 9.97. The second kappa shape index (κ2) is 19.8. The van der Waals surface area contributed by atoms with Gasteiger partial charge in [0, 0.05) is 12.0 Å². The number of aliphatic carboxylic acids is 1. The smallest absolute Gasteiger partial charge is 0.303 e. The van der Waals surface area contributed by atoms with E-state index in [-0.39, 0.29) is 5.54 Å². The third kappa shape index (κ3) is 31.7. The maximum atomic E-state index is 10.0. The molecule has 0 spiro atoms. The van der Waals surface area contributed by atoms with E-state index in [1.807, 2.05) is 0 Å². The topological polar surface area (TPSA) is 63.3 Å². The molecule has 25 heavy (non-hydrogen) atoms. The molecule has 0 aliphatic rings. The number of rotatable bonds is 16. The van der Waals surface area contributed by atoms with Gasteiger partial charge in [0.25, 0.3) is 0 Å². The van der Waals surface area contributed by atoms with Crippen molar-refractivity contribution in [3.8, 4) is 0 Å². The van der Waals surface area contributed by atoms with Crippen molar-refractivity contribution in [3.05, 3.63) is 0 Å². The van der Waals surface area contributed by atoms with Crippen LogP contribution in [0.25, 0.3) is 0 Å². The molecular formula is C22H47NO2. The average molecular weight is 358 g/mol. The summed E-state index contributed by atoms with van der Waals surface area (Å²) in [4.78, 5) is 10.0. The summed E-state index contributed by atoms with van der Waals surface area (Å²) in [5.74, 6) is -0.670. The van der Waals surface area contributed by atoms with Crippen molar-refractivity contribution in [2.45, 2.75) is 136 Å². The van der Waals surface area contributed by atoms with Gasteiger partial charge in [0.1, 0.15) is 0 Å². The van der Waals surface area contributed by atoms with Crippen molar-refractivity contribution in [1.82, 2.24) is 0 Å². The molecule has 0 aliphatic carbocycles. The Bertz CT molecular complexity index is 272. The lowest BCUT2D eigenvalue weighted by molar-refractivity contribution is -0.137. The van der Waals surface area contributed by atoms with E-state index in [9.17, 15) is 4.79 Å². The van der Waals surface area contributed by atoms with E-state index in [0.29, 0.717) is 6.42 Å². The summed E-state index contributed by atoms with van der Waals surface area (Å²) in [6, 6.07) is 0. The number of carbonyl (C=O) groups is 1. The molecule has 0 heterocycles. The fourth-order valence-electron chi connectivity index (χ4n) is 2.77. The second-order valence-corrected chi connectivity index (χ2v) is 8.12. The highest BCUT2D eigenvalue weighted by Crippen LogP contribution is 2.14. The van der Waals surface area contributed by atoms with Crippen molar-refractivity contribution >= 4 is 5.97 Å². The lowest BCUT2D eigenvalue weighted by Crippen LogP contribution is -2.31. The fourth-order valence-corrected chi connectivity index (χ4v) is 2.77. The molecule has 3 nitrogen and oxygen atoms in total. The number of carboxylic acids is 1. The van der Waals surface area contributed by atoms with Crippen molar-refractivity contribution in [1.29, 1.82) is 0 Å². The highest BCUT2D eigenvalue weighted by molar-refractivity contribution is 5.66. The fraction of sp³-hybridized carbons (Fsp3) is 0.955. The minimum Gasteiger partial charge on any atom is -0.481 e. The number of nitrogens with two attached hydrogens (primary N) is 1. The summed E-state index contributed by atoms with van der Waals surface area (Å²) in [6.45, 7) is 8.67. The molecule has 0 unspecified atom stereocenters. The van der Waals surface area contributed by atoms with Gasteiger partial charge in [0.2, 0.25) is 0 Å². The van der Waals surface area contributed by atoms with Crippen molar-refractivity contribution < 1.29 is 9.90 Å². The molecule has 0 atom stereocenters. The molecule has 0 saturated heterocycles. The Morgan fingerprint density at radius 3 is 1.44 bits per heavy atom. The summed E-state index contributed by atoms with van der Waals surface area (Å²) in [7, 11) is 0. The molecule has 0 fully saturated rings. The molecular weight excluding hydrogens is 310 g/mol. The predicted octanol–water partition coefficient (Wildman–Crippen LogP) is 7.08. The zero-order valence-corrected chi connectivity index (χ0v) is 17.7. The molecule has 0 amide bonds. The van der Waals surface area contributed by atoms with Crippen LogP contribution >= 0.6 is 0 Å². The summed E-state index contributed by atoms with van der Waals surface area (Å²) in [5.41, 5.74) is 5.97. The van der Waals surface area contributed by atoms with E-state index in [1.54, 1.807) is 0 Å². The van der Waals surface area contributed by atoms with Crippen LogP contribution in [0.5, 0.6) is 0 Å². The van der Waals surface area contributed by atoms with Crippen molar-refractivity contribution in [3.63, 3.8) is 0 Å². The van der Waals surface area contributed by atoms with E-state index in [2.05, 4.69) is 27.7 Å². The summed E-state index contributed by atoms with van der Waals surface area (Å²) in [6.07, 6.45) is 19.6. The summed E-state index contributed by atoms with van der Waals surface area (Å²) < 4.78 is 0. The van der Waals surface area contributed by atoms with Crippen LogP contribution in [0, 0.1) is 0 Å². The number of carboxylic acid groups (broad SMARTS) is 1. The minimum atomic E-state index is -0.670. The Hall–Kier alpha value is -0.570. The maximum absolute atomic E-state index is 10.0. The quantitative estimate of drug-likeness (QED) is 0.290. The standard InChI is InChI=1S/C14H31N.C8H16O2/c1-4-5-6-7-8-9-10-11-12-13-14(2,3)15;1-2-3-4-5-6-7-8(9)10/h4-13,15H2,1-3H3;2-7H2,1H3,(H,9,10). The molecule has 0 saturated carbocycles. The SMILES string of the molecule is CCCCCCCC(=O)O.CCCCCCCCCCCC(C)(C)N. The molecule has 0 aromatic heterocycles. The Labute approximate surface area is 158 Å². The van der Waals surface area contributed by atoms with Crippen molar-refractivity contribution in [2.24, 2.45) is 5.73 Å². The molecule has 0 bridgehead atoms. The molecule has 0 radical (unpaired) electrons. The zero-order chi connectivity index (χ0) is 19.4. The van der Waals surface area contributed by atoms with Crippen LogP contribution in [0.3, 0.4) is 0 Å². The molecule has 3 N–H and O–H groups in total. The zero-order valence-electron chi connectivity index (χ0n) is 17.7. The van der Waals surface area contributed by atoms with Crippen LogP contribution in [0.4, 0.5) is 0 Å². The van der Waals surface area contributed by atoms with E-state index >= 15 is 0 Å².